The molecule has 30 heavy (non-hydrogen) atoms. The largest absolute Gasteiger partial charge is 0.486 e. The molecule has 1 amide bonds. The summed E-state index contributed by atoms with van der Waals surface area (Å²) in [5, 5.41) is 8.12. The van der Waals surface area contributed by atoms with Crippen LogP contribution in [0.2, 0.25) is 10.0 Å². The Hall–Kier alpha value is -3.29. The predicted octanol–water partition coefficient (Wildman–Crippen LogP) is 5.06. The summed E-state index contributed by atoms with van der Waals surface area (Å²) in [6.45, 7) is 0.620. The summed E-state index contributed by atoms with van der Waals surface area (Å²) >= 11 is 12.0. The smallest absolute Gasteiger partial charge is 0.293 e. The number of carbonyl (C=O) groups excluding carboxylic acids is 1. The Morgan fingerprint density at radius 2 is 1.87 bits per heavy atom. The molecule has 152 valence electrons. The van der Waals surface area contributed by atoms with E-state index in [1.54, 1.807) is 41.1 Å². The van der Waals surface area contributed by atoms with Crippen molar-refractivity contribution in [1.82, 2.24) is 14.8 Å². The van der Waals surface area contributed by atoms with E-state index >= 15 is 0 Å². The standard InChI is InChI=1S/C21H16Cl2N4O3/c22-15-5-7-16(8-6-15)29-12-17-9-10-19(30-17)20(28)25-21-24-13-27(26-21)11-14-3-1-2-4-18(14)23/h1-10,13H,11-12H2,(H,25,26,28). The van der Waals surface area contributed by atoms with Gasteiger partial charge in [-0.15, -0.1) is 5.10 Å². The summed E-state index contributed by atoms with van der Waals surface area (Å²) in [5.74, 6) is 1.00. The molecule has 0 saturated carbocycles. The highest BCUT2D eigenvalue weighted by atomic mass is 35.5. The third-order valence-electron chi connectivity index (χ3n) is 4.13. The van der Waals surface area contributed by atoms with Gasteiger partial charge in [-0.3, -0.25) is 10.1 Å². The Labute approximate surface area is 182 Å². The Morgan fingerprint density at radius 3 is 2.67 bits per heavy atom. The summed E-state index contributed by atoms with van der Waals surface area (Å²) < 4.78 is 12.7. The molecule has 0 aliphatic rings. The molecular formula is C21H16Cl2N4O3. The van der Waals surface area contributed by atoms with Crippen LogP contribution in [-0.4, -0.2) is 20.7 Å². The van der Waals surface area contributed by atoms with Crippen molar-refractivity contribution in [1.29, 1.82) is 0 Å². The molecule has 7 nitrogen and oxygen atoms in total. The summed E-state index contributed by atoms with van der Waals surface area (Å²) in [5.41, 5.74) is 0.901. The van der Waals surface area contributed by atoms with Gasteiger partial charge < -0.3 is 9.15 Å². The van der Waals surface area contributed by atoms with E-state index in [0.717, 1.165) is 5.56 Å². The number of aromatic nitrogens is 3. The highest BCUT2D eigenvalue weighted by molar-refractivity contribution is 6.31. The van der Waals surface area contributed by atoms with E-state index in [2.05, 4.69) is 15.4 Å². The van der Waals surface area contributed by atoms with Gasteiger partial charge in [0.05, 0.1) is 6.54 Å². The molecule has 0 radical (unpaired) electrons. The number of nitrogens with one attached hydrogen (secondary N) is 1. The van der Waals surface area contributed by atoms with Crippen LogP contribution in [0.15, 0.2) is 71.4 Å². The van der Waals surface area contributed by atoms with Crippen molar-refractivity contribution in [2.45, 2.75) is 13.2 Å². The Bertz CT molecular complexity index is 1160. The average molecular weight is 443 g/mol. The van der Waals surface area contributed by atoms with Crippen LogP contribution in [-0.2, 0) is 13.2 Å². The van der Waals surface area contributed by atoms with Gasteiger partial charge in [-0.05, 0) is 48.0 Å². The van der Waals surface area contributed by atoms with E-state index < -0.39 is 5.91 Å². The number of amides is 1. The molecule has 0 atom stereocenters. The lowest BCUT2D eigenvalue weighted by molar-refractivity contribution is 0.0991. The van der Waals surface area contributed by atoms with Gasteiger partial charge in [0.2, 0.25) is 5.95 Å². The van der Waals surface area contributed by atoms with Gasteiger partial charge in [0.15, 0.2) is 5.76 Å². The number of ether oxygens (including phenoxy) is 1. The lowest BCUT2D eigenvalue weighted by Crippen LogP contribution is -2.12. The van der Waals surface area contributed by atoms with E-state index in [1.165, 1.54) is 6.33 Å². The van der Waals surface area contributed by atoms with Crippen LogP contribution in [0.25, 0.3) is 0 Å². The normalized spacial score (nSPS) is 10.7. The molecule has 9 heteroatoms. The number of furan rings is 1. The first-order chi connectivity index (χ1) is 14.6. The fraction of sp³-hybridized carbons (Fsp3) is 0.0952. The maximum Gasteiger partial charge on any atom is 0.293 e. The number of benzene rings is 2. The minimum atomic E-state index is -0.455. The van der Waals surface area contributed by atoms with Gasteiger partial charge in [-0.1, -0.05) is 41.4 Å². The van der Waals surface area contributed by atoms with Crippen LogP contribution in [0, 0.1) is 0 Å². The molecule has 0 saturated heterocycles. The van der Waals surface area contributed by atoms with Crippen molar-refractivity contribution in [3.8, 4) is 5.75 Å². The molecule has 2 heterocycles. The SMILES string of the molecule is O=C(Nc1ncn(Cc2ccccc2Cl)n1)c1ccc(COc2ccc(Cl)cc2)o1. The number of nitrogens with zero attached hydrogens (tertiary/aromatic N) is 3. The highest BCUT2D eigenvalue weighted by Crippen LogP contribution is 2.18. The first kappa shape index (κ1) is 20.0. The summed E-state index contributed by atoms with van der Waals surface area (Å²) in [6, 6.07) is 17.7. The van der Waals surface area contributed by atoms with Crippen LogP contribution >= 0.6 is 23.2 Å². The second kappa shape index (κ2) is 9.02. The van der Waals surface area contributed by atoms with Gasteiger partial charge in [-0.25, -0.2) is 9.67 Å². The zero-order chi connectivity index (χ0) is 20.9. The number of rotatable bonds is 7. The molecule has 0 bridgehead atoms. The molecule has 4 rings (SSSR count). The Kier molecular flexibility index (Phi) is 6.02. The molecular weight excluding hydrogens is 427 g/mol. The molecule has 0 aliphatic carbocycles. The zero-order valence-electron chi connectivity index (χ0n) is 15.6. The quantitative estimate of drug-likeness (QED) is 0.432. The molecule has 2 aromatic carbocycles. The summed E-state index contributed by atoms with van der Waals surface area (Å²) in [4.78, 5) is 16.5. The first-order valence-electron chi connectivity index (χ1n) is 8.98. The molecule has 0 fully saturated rings. The van der Waals surface area contributed by atoms with Crippen molar-refractivity contribution in [3.63, 3.8) is 0 Å². The monoisotopic (exact) mass is 442 g/mol. The molecule has 4 aromatic rings. The van der Waals surface area contributed by atoms with E-state index in [9.17, 15) is 4.79 Å². The number of hydrogen-bond donors (Lipinski definition) is 1. The van der Waals surface area contributed by atoms with Crippen molar-refractivity contribution >= 4 is 35.1 Å². The Balaban J connectivity index is 1.34. The maximum atomic E-state index is 12.4. The Morgan fingerprint density at radius 1 is 1.07 bits per heavy atom. The van der Waals surface area contributed by atoms with Crippen LogP contribution in [0.4, 0.5) is 5.95 Å². The molecule has 0 unspecified atom stereocenters. The average Bonchev–Trinajstić information content (AvgIpc) is 3.39. The van der Waals surface area contributed by atoms with E-state index in [-0.39, 0.29) is 18.3 Å². The fourth-order valence-corrected chi connectivity index (χ4v) is 2.98. The highest BCUT2D eigenvalue weighted by Gasteiger charge is 2.14. The predicted molar refractivity (Wildman–Crippen MR) is 113 cm³/mol. The van der Waals surface area contributed by atoms with Crippen LogP contribution in [0.1, 0.15) is 21.9 Å². The van der Waals surface area contributed by atoms with Crippen molar-refractivity contribution in [3.05, 3.63) is 94.1 Å². The van der Waals surface area contributed by atoms with Gasteiger partial charge >= 0.3 is 0 Å². The van der Waals surface area contributed by atoms with Gasteiger partial charge in [0.1, 0.15) is 24.4 Å². The van der Waals surface area contributed by atoms with Crippen molar-refractivity contribution in [2.75, 3.05) is 5.32 Å². The first-order valence-corrected chi connectivity index (χ1v) is 9.74. The van der Waals surface area contributed by atoms with Gasteiger partial charge in [0.25, 0.3) is 5.91 Å². The van der Waals surface area contributed by atoms with E-state index in [0.29, 0.717) is 28.1 Å². The molecule has 2 aromatic heterocycles. The second-order valence-electron chi connectivity index (χ2n) is 6.32. The number of hydrogen-bond acceptors (Lipinski definition) is 5. The van der Waals surface area contributed by atoms with Crippen LogP contribution in [0.5, 0.6) is 5.75 Å². The van der Waals surface area contributed by atoms with E-state index in [1.807, 2.05) is 24.3 Å². The number of anilines is 1. The van der Waals surface area contributed by atoms with Gasteiger partial charge in [0, 0.05) is 10.0 Å². The minimum Gasteiger partial charge on any atom is -0.486 e. The zero-order valence-corrected chi connectivity index (χ0v) is 17.1. The fourth-order valence-electron chi connectivity index (χ4n) is 2.66. The molecule has 1 N–H and O–H groups in total. The lowest BCUT2D eigenvalue weighted by atomic mass is 10.2. The third-order valence-corrected chi connectivity index (χ3v) is 4.75. The number of carbonyl (C=O) groups is 1. The third kappa shape index (κ3) is 5.00. The van der Waals surface area contributed by atoms with Crippen LogP contribution < -0.4 is 10.1 Å². The van der Waals surface area contributed by atoms with Gasteiger partial charge in [-0.2, -0.15) is 0 Å². The topological polar surface area (TPSA) is 82.2 Å². The van der Waals surface area contributed by atoms with Crippen molar-refractivity contribution in [2.24, 2.45) is 0 Å². The lowest BCUT2D eigenvalue weighted by Gasteiger charge is -2.04. The second-order valence-corrected chi connectivity index (χ2v) is 7.16. The molecule has 0 spiro atoms. The summed E-state index contributed by atoms with van der Waals surface area (Å²) in [7, 11) is 0. The van der Waals surface area contributed by atoms with Crippen molar-refractivity contribution < 1.29 is 13.9 Å². The maximum absolute atomic E-state index is 12.4. The summed E-state index contributed by atoms with van der Waals surface area (Å²) in [6.07, 6.45) is 1.52. The number of halogens is 2. The van der Waals surface area contributed by atoms with E-state index in [4.69, 9.17) is 32.4 Å². The molecule has 0 aliphatic heterocycles. The minimum absolute atomic E-state index is 0.132. The van der Waals surface area contributed by atoms with Crippen LogP contribution in [0.3, 0.4) is 0 Å².